The monoisotopic (exact) mass is 549 g/mol. The van der Waals surface area contributed by atoms with Crippen molar-refractivity contribution in [3.63, 3.8) is 0 Å². The maximum absolute atomic E-state index is 13.2. The highest BCUT2D eigenvalue weighted by atomic mass is 35.5. The van der Waals surface area contributed by atoms with Crippen molar-refractivity contribution in [2.75, 3.05) is 22.8 Å². The number of hydrogen-bond donors (Lipinski definition) is 5. The topological polar surface area (TPSA) is 164 Å². The summed E-state index contributed by atoms with van der Waals surface area (Å²) in [6.45, 7) is 0. The van der Waals surface area contributed by atoms with Gasteiger partial charge in [0.2, 0.25) is 11.8 Å². The van der Waals surface area contributed by atoms with Gasteiger partial charge in [-0.05, 0) is 48.0 Å². The van der Waals surface area contributed by atoms with E-state index in [0.29, 0.717) is 27.6 Å². The molecule has 0 aromatic heterocycles. The summed E-state index contributed by atoms with van der Waals surface area (Å²) in [7, 11) is 1.25. The number of hydrogen-bond acceptors (Lipinski definition) is 7. The van der Waals surface area contributed by atoms with Crippen molar-refractivity contribution in [3.8, 4) is 0 Å². The zero-order valence-corrected chi connectivity index (χ0v) is 21.8. The van der Waals surface area contributed by atoms with Gasteiger partial charge < -0.3 is 21.2 Å². The number of carbonyl (C=O) groups excluding carboxylic acids is 3. The summed E-state index contributed by atoms with van der Waals surface area (Å²) in [5, 5.41) is 13.1. The van der Waals surface area contributed by atoms with Crippen LogP contribution in [0.3, 0.4) is 0 Å². The highest BCUT2D eigenvalue weighted by molar-refractivity contribution is 6.30. The molecule has 202 valence electrons. The number of nitrogens with one attached hydrogen (secondary N) is 3. The molecule has 0 aliphatic carbocycles. The summed E-state index contributed by atoms with van der Waals surface area (Å²) in [4.78, 5) is 37.7. The van der Waals surface area contributed by atoms with E-state index in [9.17, 15) is 14.4 Å². The van der Waals surface area contributed by atoms with Crippen LogP contribution in [0.4, 0.5) is 21.9 Å². The first-order valence-corrected chi connectivity index (χ1v) is 12.0. The number of ether oxygens (including phenoxy) is 1. The Kier molecular flexibility index (Phi) is 10.4. The predicted octanol–water partition coefficient (Wildman–Crippen LogP) is 3.48. The summed E-state index contributed by atoms with van der Waals surface area (Å²) in [5.41, 5.74) is 2.72. The van der Waals surface area contributed by atoms with Crippen LogP contribution in [0.25, 0.3) is 6.08 Å². The molecule has 11 nitrogen and oxygen atoms in total. The third kappa shape index (κ3) is 8.88. The SMILES string of the molecule is COC(=O)Nc1cccc(NC(=O)[C@H](Cc2ccccc2)NC(=O)/C=C/c2cc(Cl)ccc2N(N)/C=N\N)c1. The van der Waals surface area contributed by atoms with E-state index in [-0.39, 0.29) is 6.42 Å². The normalized spacial score (nSPS) is 11.7. The van der Waals surface area contributed by atoms with E-state index in [1.165, 1.54) is 30.6 Å². The Bertz CT molecular complexity index is 1370. The van der Waals surface area contributed by atoms with Gasteiger partial charge in [-0.3, -0.25) is 19.9 Å². The number of methoxy groups -OCH3 is 1. The molecule has 0 heterocycles. The number of anilines is 3. The molecule has 39 heavy (non-hydrogen) atoms. The van der Waals surface area contributed by atoms with E-state index in [0.717, 1.165) is 5.56 Å². The van der Waals surface area contributed by atoms with Crippen LogP contribution in [0.1, 0.15) is 11.1 Å². The van der Waals surface area contributed by atoms with E-state index in [2.05, 4.69) is 25.8 Å². The van der Waals surface area contributed by atoms with Crippen LogP contribution in [0.2, 0.25) is 5.02 Å². The number of hydrazine groups is 1. The number of rotatable bonds is 10. The molecule has 0 radical (unpaired) electrons. The molecule has 3 aromatic rings. The Morgan fingerprint density at radius 1 is 1.03 bits per heavy atom. The zero-order valence-electron chi connectivity index (χ0n) is 21.0. The van der Waals surface area contributed by atoms with Gasteiger partial charge in [-0.25, -0.2) is 10.6 Å². The Hall–Kier alpha value is -4.87. The van der Waals surface area contributed by atoms with E-state index < -0.39 is 23.9 Å². The summed E-state index contributed by atoms with van der Waals surface area (Å²) < 4.78 is 4.60. The fourth-order valence-corrected chi connectivity index (χ4v) is 3.73. The lowest BCUT2D eigenvalue weighted by Gasteiger charge is -2.18. The van der Waals surface area contributed by atoms with Gasteiger partial charge >= 0.3 is 6.09 Å². The number of benzene rings is 3. The first kappa shape index (κ1) is 28.7. The molecule has 3 amide bonds. The third-order valence-corrected chi connectivity index (χ3v) is 5.59. The predicted molar refractivity (Wildman–Crippen MR) is 153 cm³/mol. The molecule has 0 spiro atoms. The lowest BCUT2D eigenvalue weighted by molar-refractivity contribution is -0.123. The summed E-state index contributed by atoms with van der Waals surface area (Å²) in [5.74, 6) is 10.1. The van der Waals surface area contributed by atoms with Crippen molar-refractivity contribution in [2.45, 2.75) is 12.5 Å². The number of amides is 3. The zero-order chi connectivity index (χ0) is 28.2. The standard InChI is InChI=1S/C27H28ClN7O4/c1-39-27(38)33-22-9-5-8-21(16-22)32-26(37)23(14-18-6-3-2-4-7-18)34-25(36)13-10-19-15-20(28)11-12-24(19)35(30)17-31-29/h2-13,15-17,23H,14,29-30H2,1H3,(H,32,37)(H,33,38)(H,34,36)/b13-10+,31-17-/t23-/m0/s1. The average Bonchev–Trinajstić information content (AvgIpc) is 2.92. The number of hydrazone groups is 1. The van der Waals surface area contributed by atoms with Crippen molar-refractivity contribution >= 4 is 59.0 Å². The fourth-order valence-electron chi connectivity index (χ4n) is 3.55. The maximum Gasteiger partial charge on any atom is 0.411 e. The Morgan fingerprint density at radius 3 is 2.44 bits per heavy atom. The molecule has 0 aliphatic heterocycles. The second-order valence-corrected chi connectivity index (χ2v) is 8.58. The van der Waals surface area contributed by atoms with Gasteiger partial charge in [-0.1, -0.05) is 48.0 Å². The molecular weight excluding hydrogens is 522 g/mol. The van der Waals surface area contributed by atoms with Crippen molar-refractivity contribution in [1.29, 1.82) is 0 Å². The molecule has 0 fully saturated rings. The minimum absolute atomic E-state index is 0.234. The van der Waals surface area contributed by atoms with Crippen molar-refractivity contribution < 1.29 is 19.1 Å². The van der Waals surface area contributed by atoms with Crippen molar-refractivity contribution in [3.05, 3.63) is 95.0 Å². The molecule has 1 atom stereocenters. The molecule has 0 aliphatic rings. The van der Waals surface area contributed by atoms with Crippen LogP contribution >= 0.6 is 11.6 Å². The third-order valence-electron chi connectivity index (χ3n) is 5.35. The van der Waals surface area contributed by atoms with E-state index in [1.54, 1.807) is 42.5 Å². The summed E-state index contributed by atoms with van der Waals surface area (Å²) >= 11 is 6.12. The fraction of sp³-hybridized carbons (Fsp3) is 0.111. The molecule has 0 bridgehead atoms. The number of nitrogens with two attached hydrogens (primary N) is 2. The summed E-state index contributed by atoms with van der Waals surface area (Å²) in [6.07, 6.45) is 3.58. The molecule has 0 unspecified atom stereocenters. The van der Waals surface area contributed by atoms with Gasteiger partial charge in [0.1, 0.15) is 12.4 Å². The lowest BCUT2D eigenvalue weighted by atomic mass is 10.0. The highest BCUT2D eigenvalue weighted by Gasteiger charge is 2.21. The van der Waals surface area contributed by atoms with Gasteiger partial charge in [0.05, 0.1) is 12.8 Å². The number of carbonyl (C=O) groups is 3. The maximum atomic E-state index is 13.2. The first-order valence-electron chi connectivity index (χ1n) is 11.6. The Labute approximate surface area is 230 Å². The van der Waals surface area contributed by atoms with Gasteiger partial charge in [0.15, 0.2) is 0 Å². The number of halogens is 1. The van der Waals surface area contributed by atoms with Crippen molar-refractivity contribution in [1.82, 2.24) is 5.32 Å². The van der Waals surface area contributed by atoms with Crippen LogP contribution in [0, 0.1) is 0 Å². The lowest BCUT2D eigenvalue weighted by Crippen LogP contribution is -2.44. The molecule has 12 heteroatoms. The van der Waals surface area contributed by atoms with Crippen LogP contribution in [0.5, 0.6) is 0 Å². The smallest absolute Gasteiger partial charge is 0.411 e. The molecule has 7 N–H and O–H groups in total. The number of nitrogens with zero attached hydrogens (tertiary/aromatic N) is 2. The Balaban J connectivity index is 1.79. The van der Waals surface area contributed by atoms with Crippen LogP contribution in [0.15, 0.2) is 84.0 Å². The molecule has 0 saturated heterocycles. The van der Waals surface area contributed by atoms with E-state index in [1.807, 2.05) is 30.3 Å². The summed E-state index contributed by atoms with van der Waals surface area (Å²) in [6, 6.07) is 19.8. The largest absolute Gasteiger partial charge is 0.453 e. The van der Waals surface area contributed by atoms with Crippen LogP contribution in [-0.2, 0) is 20.7 Å². The van der Waals surface area contributed by atoms with E-state index in [4.69, 9.17) is 23.3 Å². The van der Waals surface area contributed by atoms with Gasteiger partial charge in [0.25, 0.3) is 0 Å². The molecule has 3 rings (SSSR count). The highest BCUT2D eigenvalue weighted by Crippen LogP contribution is 2.23. The second-order valence-electron chi connectivity index (χ2n) is 8.15. The quantitative estimate of drug-likeness (QED) is 0.0849. The van der Waals surface area contributed by atoms with Gasteiger partial charge in [-0.15, -0.1) is 0 Å². The van der Waals surface area contributed by atoms with Gasteiger partial charge in [-0.2, -0.15) is 5.10 Å². The van der Waals surface area contributed by atoms with Crippen LogP contribution in [-0.4, -0.2) is 37.4 Å². The molecule has 0 saturated carbocycles. The second kappa shape index (κ2) is 14.2. The van der Waals surface area contributed by atoms with Gasteiger partial charge in [0, 0.05) is 34.5 Å². The van der Waals surface area contributed by atoms with Crippen LogP contribution < -0.4 is 32.6 Å². The van der Waals surface area contributed by atoms with E-state index >= 15 is 0 Å². The average molecular weight is 550 g/mol. The van der Waals surface area contributed by atoms with Crippen molar-refractivity contribution in [2.24, 2.45) is 16.8 Å². The molecular formula is C27H28ClN7O4. The first-order chi connectivity index (χ1) is 18.8. The minimum Gasteiger partial charge on any atom is -0.453 e. The molecule has 3 aromatic carbocycles. The minimum atomic E-state index is -0.920. The Morgan fingerprint density at radius 2 is 1.74 bits per heavy atom.